The summed E-state index contributed by atoms with van der Waals surface area (Å²) in [7, 11) is 3.92. The molecule has 0 radical (unpaired) electrons. The van der Waals surface area contributed by atoms with E-state index in [4.69, 9.17) is 0 Å². The third-order valence-corrected chi connectivity index (χ3v) is 3.40. The van der Waals surface area contributed by atoms with Crippen molar-refractivity contribution in [2.24, 2.45) is 0 Å². The fraction of sp³-hybridized carbons (Fsp3) is 0.529. The average molecular weight is 292 g/mol. The van der Waals surface area contributed by atoms with Crippen LogP contribution in [0.5, 0.6) is 0 Å². The van der Waals surface area contributed by atoms with Gasteiger partial charge in [-0.05, 0) is 32.7 Å². The molecule has 0 heterocycles. The van der Waals surface area contributed by atoms with Crippen molar-refractivity contribution in [1.29, 1.82) is 0 Å². The average Bonchev–Trinajstić information content (AvgIpc) is 2.51. The van der Waals surface area contributed by atoms with Crippen LogP contribution in [0.1, 0.15) is 6.42 Å². The quantitative estimate of drug-likeness (QED) is 0.478. The summed E-state index contributed by atoms with van der Waals surface area (Å²) in [6.07, 6.45) is 4.68. The molecule has 0 aromatic rings. The first-order valence-corrected chi connectivity index (χ1v) is 7.52. The molecule has 0 saturated heterocycles. The summed E-state index contributed by atoms with van der Waals surface area (Å²) in [6.45, 7) is 21.4. The Hall–Kier alpha value is -1.52. The molecule has 0 amide bonds. The highest BCUT2D eigenvalue weighted by molar-refractivity contribution is 5.11. The third kappa shape index (κ3) is 8.38. The number of likely N-dealkylation sites (N-methyl/N-ethyl adjacent to an activating group) is 2. The Kier molecular flexibility index (Phi) is 11.4. The van der Waals surface area contributed by atoms with Crippen molar-refractivity contribution in [1.82, 2.24) is 20.4 Å². The van der Waals surface area contributed by atoms with Gasteiger partial charge in [0.2, 0.25) is 0 Å². The van der Waals surface area contributed by atoms with E-state index in [-0.39, 0.29) is 0 Å². The van der Waals surface area contributed by atoms with Crippen molar-refractivity contribution in [3.63, 3.8) is 0 Å². The van der Waals surface area contributed by atoms with Crippen LogP contribution < -0.4 is 10.6 Å². The zero-order chi connectivity index (χ0) is 16.1. The third-order valence-electron chi connectivity index (χ3n) is 3.40. The minimum Gasteiger partial charge on any atom is -0.371 e. The standard InChI is InChI=1S/C17H32N4/c1-7-16(3)20(14-10-18-5)12-9-13-21(15-11-19-6)17(4)8-2/h7-8,18-19H,1-4,9-15H2,5-6H3. The van der Waals surface area contributed by atoms with Gasteiger partial charge < -0.3 is 20.4 Å². The molecule has 120 valence electrons. The van der Waals surface area contributed by atoms with Crippen molar-refractivity contribution >= 4 is 0 Å². The molecule has 0 aromatic heterocycles. The van der Waals surface area contributed by atoms with E-state index in [1.54, 1.807) is 0 Å². The van der Waals surface area contributed by atoms with E-state index in [0.29, 0.717) is 0 Å². The van der Waals surface area contributed by atoms with Gasteiger partial charge in [0.05, 0.1) is 0 Å². The van der Waals surface area contributed by atoms with Gasteiger partial charge in [-0.15, -0.1) is 0 Å². The van der Waals surface area contributed by atoms with Crippen molar-refractivity contribution < 1.29 is 0 Å². The minimum absolute atomic E-state index is 0.940. The lowest BCUT2D eigenvalue weighted by atomic mass is 10.2. The monoisotopic (exact) mass is 292 g/mol. The Morgan fingerprint density at radius 2 is 1.19 bits per heavy atom. The summed E-state index contributed by atoms with van der Waals surface area (Å²) in [5, 5.41) is 6.34. The van der Waals surface area contributed by atoms with Crippen LogP contribution in [0.2, 0.25) is 0 Å². The fourth-order valence-corrected chi connectivity index (χ4v) is 2.00. The molecule has 21 heavy (non-hydrogen) atoms. The maximum atomic E-state index is 4.05. The Bertz CT molecular complexity index is 304. The van der Waals surface area contributed by atoms with E-state index in [1.807, 2.05) is 26.2 Å². The number of nitrogens with zero attached hydrogens (tertiary/aromatic N) is 2. The van der Waals surface area contributed by atoms with Crippen LogP contribution in [0.25, 0.3) is 0 Å². The van der Waals surface area contributed by atoms with E-state index in [9.17, 15) is 0 Å². The summed E-state index contributed by atoms with van der Waals surface area (Å²) in [4.78, 5) is 4.52. The molecule has 0 fully saturated rings. The van der Waals surface area contributed by atoms with Gasteiger partial charge in [-0.2, -0.15) is 0 Å². The summed E-state index contributed by atoms with van der Waals surface area (Å²) in [6, 6.07) is 0. The zero-order valence-corrected chi connectivity index (χ0v) is 13.8. The lowest BCUT2D eigenvalue weighted by Crippen LogP contribution is -2.34. The van der Waals surface area contributed by atoms with Crippen LogP contribution >= 0.6 is 0 Å². The summed E-state index contributed by atoms with van der Waals surface area (Å²) < 4.78 is 0. The van der Waals surface area contributed by atoms with Crippen LogP contribution in [-0.2, 0) is 0 Å². The Morgan fingerprint density at radius 1 is 0.810 bits per heavy atom. The highest BCUT2D eigenvalue weighted by atomic mass is 15.2. The number of rotatable bonds is 14. The molecule has 4 heteroatoms. The van der Waals surface area contributed by atoms with Gasteiger partial charge in [-0.1, -0.05) is 26.3 Å². The van der Waals surface area contributed by atoms with E-state index in [1.165, 1.54) is 0 Å². The second kappa shape index (κ2) is 12.2. The molecule has 0 aromatic carbocycles. The molecular formula is C17H32N4. The highest BCUT2D eigenvalue weighted by Crippen LogP contribution is 2.07. The van der Waals surface area contributed by atoms with E-state index in [2.05, 4.69) is 46.7 Å². The maximum absolute atomic E-state index is 4.05. The van der Waals surface area contributed by atoms with Crippen LogP contribution in [0.4, 0.5) is 0 Å². The molecule has 0 aliphatic heterocycles. The highest BCUT2D eigenvalue weighted by Gasteiger charge is 2.08. The van der Waals surface area contributed by atoms with Crippen LogP contribution in [0, 0.1) is 0 Å². The predicted molar refractivity (Wildman–Crippen MR) is 94.3 cm³/mol. The summed E-state index contributed by atoms with van der Waals surface area (Å²) in [5.41, 5.74) is 1.96. The van der Waals surface area contributed by atoms with Gasteiger partial charge in [0.15, 0.2) is 0 Å². The van der Waals surface area contributed by atoms with Crippen molar-refractivity contribution in [2.75, 3.05) is 53.4 Å². The molecule has 4 nitrogen and oxygen atoms in total. The van der Waals surface area contributed by atoms with Crippen LogP contribution in [0.3, 0.4) is 0 Å². The number of allylic oxidation sites excluding steroid dienone is 2. The summed E-state index contributed by atoms with van der Waals surface area (Å²) >= 11 is 0. The lowest BCUT2D eigenvalue weighted by molar-refractivity contribution is 0.299. The first-order valence-electron chi connectivity index (χ1n) is 7.52. The van der Waals surface area contributed by atoms with Gasteiger partial charge in [-0.3, -0.25) is 0 Å². The topological polar surface area (TPSA) is 30.5 Å². The van der Waals surface area contributed by atoms with Gasteiger partial charge in [-0.25, -0.2) is 0 Å². The molecule has 2 N–H and O–H groups in total. The molecule has 0 unspecified atom stereocenters. The molecule has 0 atom stereocenters. The van der Waals surface area contributed by atoms with Gasteiger partial charge in [0, 0.05) is 50.7 Å². The molecule has 0 spiro atoms. The van der Waals surface area contributed by atoms with Crippen LogP contribution in [0.15, 0.2) is 49.9 Å². The largest absolute Gasteiger partial charge is 0.371 e. The number of hydrogen-bond donors (Lipinski definition) is 2. The molecule has 0 rings (SSSR count). The number of nitrogens with one attached hydrogen (secondary N) is 2. The van der Waals surface area contributed by atoms with Crippen molar-refractivity contribution in [3.05, 3.63) is 49.9 Å². The van der Waals surface area contributed by atoms with Crippen molar-refractivity contribution in [2.45, 2.75) is 6.42 Å². The lowest BCUT2D eigenvalue weighted by Gasteiger charge is -2.29. The first-order chi connectivity index (χ1) is 10.1. The minimum atomic E-state index is 0.940. The fourth-order valence-electron chi connectivity index (χ4n) is 2.00. The van der Waals surface area contributed by atoms with E-state index in [0.717, 1.165) is 57.1 Å². The predicted octanol–water partition coefficient (Wildman–Crippen LogP) is 1.82. The molecule has 0 aliphatic rings. The van der Waals surface area contributed by atoms with Crippen LogP contribution in [-0.4, -0.2) is 63.2 Å². The number of hydrogen-bond acceptors (Lipinski definition) is 4. The second-order valence-electron chi connectivity index (χ2n) is 4.93. The maximum Gasteiger partial charge on any atom is 0.0302 e. The van der Waals surface area contributed by atoms with Crippen molar-refractivity contribution in [3.8, 4) is 0 Å². The Labute approximate surface area is 130 Å². The van der Waals surface area contributed by atoms with E-state index < -0.39 is 0 Å². The SMILES string of the molecule is C=CC(=C)N(CCCN(CCNC)C(=C)C=C)CCNC. The Balaban J connectivity index is 4.34. The molecule has 0 bridgehead atoms. The molecule has 0 saturated carbocycles. The first kappa shape index (κ1) is 19.5. The summed E-state index contributed by atoms with van der Waals surface area (Å²) in [5.74, 6) is 0. The normalized spacial score (nSPS) is 10.0. The smallest absolute Gasteiger partial charge is 0.0302 e. The van der Waals surface area contributed by atoms with Gasteiger partial charge in [0.25, 0.3) is 0 Å². The zero-order valence-electron chi connectivity index (χ0n) is 13.8. The Morgan fingerprint density at radius 3 is 1.48 bits per heavy atom. The van der Waals surface area contributed by atoms with Gasteiger partial charge in [0.1, 0.15) is 0 Å². The van der Waals surface area contributed by atoms with E-state index >= 15 is 0 Å². The van der Waals surface area contributed by atoms with Gasteiger partial charge >= 0.3 is 0 Å². The second-order valence-corrected chi connectivity index (χ2v) is 4.93. The molecule has 0 aliphatic carbocycles. The molecular weight excluding hydrogens is 260 g/mol.